The molecule has 1 heterocycles. The van der Waals surface area contributed by atoms with E-state index < -0.39 is 49.5 Å². The first-order chi connectivity index (χ1) is 24.8. The number of rotatable bonds is 33. The zero-order chi connectivity index (χ0) is 37.4. The van der Waals surface area contributed by atoms with Crippen molar-refractivity contribution in [3.05, 3.63) is 36.5 Å². The van der Waals surface area contributed by atoms with Gasteiger partial charge in [0.2, 0.25) is 5.91 Å². The molecule has 9 heteroatoms. The van der Waals surface area contributed by atoms with Crippen LogP contribution in [-0.4, -0.2) is 87.5 Å². The van der Waals surface area contributed by atoms with E-state index >= 15 is 0 Å². The van der Waals surface area contributed by atoms with Gasteiger partial charge in [0.25, 0.3) is 0 Å². The van der Waals surface area contributed by atoms with Crippen molar-refractivity contribution < 1.29 is 39.8 Å². The fraction of sp³-hybridized carbons (Fsp3) is 0.833. The molecule has 0 aromatic rings. The lowest BCUT2D eigenvalue weighted by Crippen LogP contribution is -2.60. The average molecular weight is 724 g/mol. The van der Waals surface area contributed by atoms with Crippen LogP contribution >= 0.6 is 0 Å². The number of ether oxygens (including phenoxy) is 2. The van der Waals surface area contributed by atoms with E-state index in [-0.39, 0.29) is 12.5 Å². The maximum atomic E-state index is 12.9. The van der Waals surface area contributed by atoms with E-state index in [1.54, 1.807) is 6.08 Å². The second kappa shape index (κ2) is 33.0. The van der Waals surface area contributed by atoms with Crippen molar-refractivity contribution in [3.8, 4) is 0 Å². The molecule has 6 N–H and O–H groups in total. The maximum Gasteiger partial charge on any atom is 0.220 e. The largest absolute Gasteiger partial charge is 0.394 e. The number of aliphatic hydroxyl groups excluding tert-OH is 5. The smallest absolute Gasteiger partial charge is 0.220 e. The summed E-state index contributed by atoms with van der Waals surface area (Å²) in [4.78, 5) is 12.9. The van der Waals surface area contributed by atoms with Gasteiger partial charge in [-0.3, -0.25) is 4.79 Å². The molecular formula is C42H77NO8. The van der Waals surface area contributed by atoms with E-state index in [2.05, 4.69) is 43.5 Å². The summed E-state index contributed by atoms with van der Waals surface area (Å²) in [6, 6.07) is -0.810. The molecule has 1 aliphatic rings. The van der Waals surface area contributed by atoms with Crippen molar-refractivity contribution in [2.45, 2.75) is 211 Å². The van der Waals surface area contributed by atoms with Gasteiger partial charge in [0.15, 0.2) is 6.29 Å². The third kappa shape index (κ3) is 24.4. The molecule has 7 atom stereocenters. The van der Waals surface area contributed by atoms with Gasteiger partial charge in [0.1, 0.15) is 24.4 Å². The third-order valence-corrected chi connectivity index (χ3v) is 9.66. The van der Waals surface area contributed by atoms with Crippen molar-refractivity contribution in [2.24, 2.45) is 0 Å². The normalized spacial score (nSPS) is 22.4. The first-order valence-corrected chi connectivity index (χ1v) is 20.7. The lowest BCUT2D eigenvalue weighted by molar-refractivity contribution is -0.302. The second-order valence-corrected chi connectivity index (χ2v) is 14.4. The van der Waals surface area contributed by atoms with Crippen molar-refractivity contribution in [2.75, 3.05) is 13.2 Å². The van der Waals surface area contributed by atoms with E-state index in [1.165, 1.54) is 83.5 Å². The van der Waals surface area contributed by atoms with Gasteiger partial charge in [-0.1, -0.05) is 134 Å². The molecule has 9 nitrogen and oxygen atoms in total. The maximum absolute atomic E-state index is 12.9. The van der Waals surface area contributed by atoms with Crippen molar-refractivity contribution in [3.63, 3.8) is 0 Å². The van der Waals surface area contributed by atoms with Crippen LogP contribution in [0.4, 0.5) is 0 Å². The number of hydrogen-bond donors (Lipinski definition) is 6. The number of carbonyl (C=O) groups excluding carboxylic acids is 1. The molecule has 1 saturated heterocycles. The van der Waals surface area contributed by atoms with Crippen LogP contribution in [0, 0.1) is 0 Å². The highest BCUT2D eigenvalue weighted by molar-refractivity contribution is 5.76. The van der Waals surface area contributed by atoms with E-state index in [1.807, 2.05) is 6.08 Å². The minimum absolute atomic E-state index is 0.191. The predicted octanol–water partition coefficient (Wildman–Crippen LogP) is 7.72. The molecule has 0 bridgehead atoms. The Kier molecular flexibility index (Phi) is 30.7. The van der Waals surface area contributed by atoms with Crippen LogP contribution in [0.25, 0.3) is 0 Å². The third-order valence-electron chi connectivity index (χ3n) is 9.66. The Hall–Kier alpha value is -1.59. The SMILES string of the molecule is CCC/C=C/CCCCCCCC/C=C/[C@@H](O)[C@H](CO[C@H]1O[C@@H](CO)[C@H](O)C(O)C1O)NC(=O)CCCCCCC/C=C/CCCCCCCC. The lowest BCUT2D eigenvalue weighted by Gasteiger charge is -2.40. The molecule has 1 aliphatic heterocycles. The van der Waals surface area contributed by atoms with Crippen LogP contribution in [0.1, 0.15) is 168 Å². The molecule has 51 heavy (non-hydrogen) atoms. The zero-order valence-electron chi connectivity index (χ0n) is 32.4. The highest BCUT2D eigenvalue weighted by Gasteiger charge is 2.44. The number of aliphatic hydroxyl groups is 5. The summed E-state index contributed by atoms with van der Waals surface area (Å²) in [6.07, 6.45) is 31.8. The van der Waals surface area contributed by atoms with Crippen LogP contribution in [0.3, 0.4) is 0 Å². The summed E-state index contributed by atoms with van der Waals surface area (Å²) in [5, 5.41) is 54.0. The summed E-state index contributed by atoms with van der Waals surface area (Å²) < 4.78 is 11.2. The molecule has 0 radical (unpaired) electrons. The number of carbonyl (C=O) groups is 1. The molecule has 1 rings (SSSR count). The lowest BCUT2D eigenvalue weighted by atomic mass is 9.99. The summed E-state index contributed by atoms with van der Waals surface area (Å²) in [5.74, 6) is -0.191. The fourth-order valence-electron chi connectivity index (χ4n) is 6.27. The Balaban J connectivity index is 2.43. The average Bonchev–Trinajstić information content (AvgIpc) is 3.13. The number of unbranched alkanes of at least 4 members (excludes halogenated alkanes) is 19. The van der Waals surface area contributed by atoms with Gasteiger partial charge >= 0.3 is 0 Å². The van der Waals surface area contributed by atoms with Crippen LogP contribution in [0.2, 0.25) is 0 Å². The Morgan fingerprint density at radius 2 is 1.14 bits per heavy atom. The Labute approximate surface area is 311 Å². The molecule has 0 aromatic carbocycles. The number of amides is 1. The first kappa shape index (κ1) is 47.4. The van der Waals surface area contributed by atoms with Gasteiger partial charge in [0, 0.05) is 6.42 Å². The van der Waals surface area contributed by atoms with Crippen molar-refractivity contribution >= 4 is 5.91 Å². The van der Waals surface area contributed by atoms with Gasteiger partial charge in [-0.2, -0.15) is 0 Å². The topological polar surface area (TPSA) is 149 Å². The molecule has 1 amide bonds. The van der Waals surface area contributed by atoms with Crippen molar-refractivity contribution in [1.29, 1.82) is 0 Å². The number of nitrogens with one attached hydrogen (secondary N) is 1. The van der Waals surface area contributed by atoms with E-state index in [4.69, 9.17) is 9.47 Å². The highest BCUT2D eigenvalue weighted by atomic mass is 16.7. The summed E-state index contributed by atoms with van der Waals surface area (Å²) >= 11 is 0. The number of allylic oxidation sites excluding steroid dienone is 5. The van der Waals surface area contributed by atoms with Crippen LogP contribution in [-0.2, 0) is 14.3 Å². The Bertz CT molecular complexity index is 894. The number of hydrogen-bond acceptors (Lipinski definition) is 8. The molecule has 1 fully saturated rings. The quantitative estimate of drug-likeness (QED) is 0.0298. The minimum atomic E-state index is -1.57. The molecular weight excluding hydrogens is 646 g/mol. The van der Waals surface area contributed by atoms with E-state index in [0.29, 0.717) is 6.42 Å². The van der Waals surface area contributed by atoms with E-state index in [0.717, 1.165) is 64.2 Å². The fourth-order valence-corrected chi connectivity index (χ4v) is 6.27. The van der Waals surface area contributed by atoms with Gasteiger partial charge in [-0.25, -0.2) is 0 Å². The summed E-state index contributed by atoms with van der Waals surface area (Å²) in [7, 11) is 0. The molecule has 0 spiro atoms. The first-order valence-electron chi connectivity index (χ1n) is 20.7. The summed E-state index contributed by atoms with van der Waals surface area (Å²) in [5.41, 5.74) is 0. The monoisotopic (exact) mass is 724 g/mol. The van der Waals surface area contributed by atoms with Crippen LogP contribution < -0.4 is 5.32 Å². The second-order valence-electron chi connectivity index (χ2n) is 14.4. The molecule has 0 aromatic heterocycles. The van der Waals surface area contributed by atoms with Gasteiger partial charge in [-0.05, 0) is 64.2 Å². The predicted molar refractivity (Wildman–Crippen MR) is 207 cm³/mol. The van der Waals surface area contributed by atoms with Crippen LogP contribution in [0.15, 0.2) is 36.5 Å². The molecule has 0 aliphatic carbocycles. The van der Waals surface area contributed by atoms with Gasteiger partial charge in [0.05, 0.1) is 25.4 Å². The van der Waals surface area contributed by atoms with Gasteiger partial charge < -0.3 is 40.3 Å². The van der Waals surface area contributed by atoms with Gasteiger partial charge in [-0.15, -0.1) is 0 Å². The zero-order valence-corrected chi connectivity index (χ0v) is 32.4. The Morgan fingerprint density at radius 1 is 0.647 bits per heavy atom. The molecule has 298 valence electrons. The minimum Gasteiger partial charge on any atom is -0.394 e. The van der Waals surface area contributed by atoms with Crippen LogP contribution in [0.5, 0.6) is 0 Å². The molecule has 2 unspecified atom stereocenters. The van der Waals surface area contributed by atoms with Crippen molar-refractivity contribution in [1.82, 2.24) is 5.32 Å². The van der Waals surface area contributed by atoms with E-state index in [9.17, 15) is 30.3 Å². The standard InChI is InChI=1S/C42H77NO8/c1-3-5-7-9-11-13-15-17-18-20-22-24-26-28-30-32-38(46)43-35(34-50-42-41(49)40(48)39(47)37(33-44)51-42)36(45)31-29-27-25-23-21-19-16-14-12-10-8-6-4-2/h8,10,17-18,29,31,35-37,39-42,44-45,47-49H,3-7,9,11-16,19-28,30,32-34H2,1-2H3,(H,43,46)/b10-8+,18-17+,31-29+/t35-,36+,37-,39-,40?,41?,42-/m0/s1. The summed E-state index contributed by atoms with van der Waals surface area (Å²) in [6.45, 7) is 3.68. The molecule has 0 saturated carbocycles. The highest BCUT2D eigenvalue weighted by Crippen LogP contribution is 2.22. The Morgan fingerprint density at radius 3 is 1.67 bits per heavy atom.